The van der Waals surface area contributed by atoms with Crippen molar-refractivity contribution < 1.29 is 13.3 Å². The fraction of sp³-hybridized carbons (Fsp3) is 0.0526. The molecule has 0 saturated carbocycles. The van der Waals surface area contributed by atoms with Crippen molar-refractivity contribution in [3.63, 3.8) is 0 Å². The molecule has 0 radical (unpaired) electrons. The van der Waals surface area contributed by atoms with Gasteiger partial charge in [0.25, 0.3) is 5.69 Å². The van der Waals surface area contributed by atoms with Gasteiger partial charge in [0, 0.05) is 17.2 Å². The van der Waals surface area contributed by atoms with Gasteiger partial charge in [-0.1, -0.05) is 54.1 Å². The maximum Gasteiger partial charge on any atom is 0.269 e. The maximum atomic E-state index is 12.8. The zero-order valence-corrected chi connectivity index (χ0v) is 15.5. The largest absolute Gasteiger partial charge is 0.269 e. The molecule has 1 N–H and O–H groups in total. The summed E-state index contributed by atoms with van der Waals surface area (Å²) in [6.45, 7) is 0. The number of nitrogens with one attached hydrogen (secondary N) is 1. The molecular formula is C19H15ClN2O4S. The number of rotatable bonds is 6. The molecule has 3 aromatic carbocycles. The van der Waals surface area contributed by atoms with Crippen LogP contribution in [0, 0.1) is 10.1 Å². The minimum absolute atomic E-state index is 0.0528. The average Bonchev–Trinajstić information content (AvgIpc) is 2.68. The van der Waals surface area contributed by atoms with Crippen LogP contribution in [0.2, 0.25) is 5.02 Å². The monoisotopic (exact) mass is 402 g/mol. The molecule has 0 fully saturated rings. The summed E-state index contributed by atoms with van der Waals surface area (Å²) < 4.78 is 28.3. The highest BCUT2D eigenvalue weighted by Gasteiger charge is 2.23. The van der Waals surface area contributed by atoms with Crippen molar-refractivity contribution in [3.05, 3.63) is 105 Å². The number of non-ortho nitro benzene ring substituents is 1. The molecule has 0 unspecified atom stereocenters. The zero-order chi connectivity index (χ0) is 19.4. The third kappa shape index (κ3) is 4.51. The number of nitro groups is 1. The fourth-order valence-corrected chi connectivity index (χ4v) is 3.94. The minimum Gasteiger partial charge on any atom is -0.258 e. The first-order valence-corrected chi connectivity index (χ1v) is 9.80. The molecule has 0 aliphatic rings. The number of halogens is 1. The molecule has 0 aromatic heterocycles. The van der Waals surface area contributed by atoms with Crippen LogP contribution in [0.4, 0.5) is 5.69 Å². The van der Waals surface area contributed by atoms with Gasteiger partial charge >= 0.3 is 0 Å². The Bertz CT molecular complexity index is 1040. The van der Waals surface area contributed by atoms with Crippen molar-refractivity contribution in [1.29, 1.82) is 0 Å². The summed E-state index contributed by atoms with van der Waals surface area (Å²) in [5, 5.41) is 11.3. The lowest BCUT2D eigenvalue weighted by molar-refractivity contribution is -0.384. The molecule has 0 amide bonds. The summed E-state index contributed by atoms with van der Waals surface area (Å²) in [5.74, 6) is 0. The summed E-state index contributed by atoms with van der Waals surface area (Å²) in [6.07, 6.45) is 0. The van der Waals surface area contributed by atoms with E-state index in [1.54, 1.807) is 24.3 Å². The first-order chi connectivity index (χ1) is 12.9. The topological polar surface area (TPSA) is 89.3 Å². The number of sulfonamides is 1. The highest BCUT2D eigenvalue weighted by molar-refractivity contribution is 7.89. The van der Waals surface area contributed by atoms with Crippen molar-refractivity contribution in [3.8, 4) is 0 Å². The first kappa shape index (κ1) is 19.0. The summed E-state index contributed by atoms with van der Waals surface area (Å²) in [4.78, 5) is 10.1. The Morgan fingerprint density at radius 1 is 0.852 bits per heavy atom. The van der Waals surface area contributed by atoms with Gasteiger partial charge in [-0.15, -0.1) is 0 Å². The minimum atomic E-state index is -3.91. The van der Waals surface area contributed by atoms with E-state index in [1.807, 2.05) is 30.3 Å². The molecule has 0 spiro atoms. The van der Waals surface area contributed by atoms with E-state index in [4.69, 9.17) is 11.6 Å². The Hall–Kier alpha value is -2.74. The lowest BCUT2D eigenvalue weighted by Crippen LogP contribution is -2.29. The van der Waals surface area contributed by atoms with Crippen molar-refractivity contribution in [2.24, 2.45) is 0 Å². The molecule has 0 aliphatic heterocycles. The molecular weight excluding hydrogens is 388 g/mol. The number of nitro benzene ring substituents is 1. The molecule has 0 bridgehead atoms. The van der Waals surface area contributed by atoms with Crippen LogP contribution in [-0.2, 0) is 10.0 Å². The maximum absolute atomic E-state index is 12.8. The second kappa shape index (κ2) is 7.87. The highest BCUT2D eigenvalue weighted by Crippen LogP contribution is 2.26. The second-order valence-corrected chi connectivity index (χ2v) is 7.92. The van der Waals surface area contributed by atoms with Crippen LogP contribution in [0.15, 0.2) is 83.8 Å². The molecule has 0 heterocycles. The van der Waals surface area contributed by atoms with Gasteiger partial charge in [0.15, 0.2) is 0 Å². The van der Waals surface area contributed by atoms with Crippen LogP contribution in [0.3, 0.4) is 0 Å². The van der Waals surface area contributed by atoms with Gasteiger partial charge in [-0.05, 0) is 35.4 Å². The van der Waals surface area contributed by atoms with Gasteiger partial charge in [0.05, 0.1) is 15.9 Å². The van der Waals surface area contributed by atoms with Crippen molar-refractivity contribution in [1.82, 2.24) is 4.72 Å². The smallest absolute Gasteiger partial charge is 0.258 e. The van der Waals surface area contributed by atoms with Crippen LogP contribution in [0.25, 0.3) is 0 Å². The molecule has 8 heteroatoms. The predicted octanol–water partition coefficient (Wildman–Crippen LogP) is 4.32. The Morgan fingerprint density at radius 3 is 1.96 bits per heavy atom. The van der Waals surface area contributed by atoms with Gasteiger partial charge in [0.2, 0.25) is 10.0 Å². The van der Waals surface area contributed by atoms with Gasteiger partial charge in [0.1, 0.15) is 0 Å². The third-order valence-electron chi connectivity index (χ3n) is 3.97. The molecule has 0 aliphatic carbocycles. The van der Waals surface area contributed by atoms with Gasteiger partial charge in [-0.2, -0.15) is 4.72 Å². The van der Waals surface area contributed by atoms with Crippen LogP contribution < -0.4 is 4.72 Å². The Labute approximate surface area is 161 Å². The SMILES string of the molecule is O=[N+]([O-])c1ccc(S(=O)(=O)N[C@@H](c2ccccc2)c2ccc(Cl)cc2)cc1. The van der Waals surface area contributed by atoms with Crippen molar-refractivity contribution in [2.75, 3.05) is 0 Å². The zero-order valence-electron chi connectivity index (χ0n) is 13.9. The van der Waals surface area contributed by atoms with Crippen LogP contribution in [0.1, 0.15) is 17.2 Å². The Balaban J connectivity index is 1.98. The van der Waals surface area contributed by atoms with Crippen LogP contribution >= 0.6 is 11.6 Å². The van der Waals surface area contributed by atoms with E-state index in [0.717, 1.165) is 23.3 Å². The lowest BCUT2D eigenvalue weighted by Gasteiger charge is -2.20. The van der Waals surface area contributed by atoms with Gasteiger partial charge in [-0.25, -0.2) is 8.42 Å². The molecule has 27 heavy (non-hydrogen) atoms. The second-order valence-electron chi connectivity index (χ2n) is 5.77. The number of benzene rings is 3. The standard InChI is InChI=1S/C19H15ClN2O4S/c20-16-8-6-15(7-9-16)19(14-4-2-1-3-5-14)21-27(25,26)18-12-10-17(11-13-18)22(23)24/h1-13,19,21H/t19-/m0/s1. The van der Waals surface area contributed by atoms with Gasteiger partial charge in [-0.3, -0.25) is 10.1 Å². The predicted molar refractivity (Wildman–Crippen MR) is 103 cm³/mol. The molecule has 0 saturated heterocycles. The summed E-state index contributed by atoms with van der Waals surface area (Å²) >= 11 is 5.94. The van der Waals surface area contributed by atoms with E-state index in [1.165, 1.54) is 12.1 Å². The Morgan fingerprint density at radius 2 is 1.41 bits per heavy atom. The summed E-state index contributed by atoms with van der Waals surface area (Å²) in [5.41, 5.74) is 1.30. The summed E-state index contributed by atoms with van der Waals surface area (Å²) in [7, 11) is -3.91. The molecule has 1 atom stereocenters. The number of hydrogen-bond acceptors (Lipinski definition) is 4. The number of hydrogen-bond donors (Lipinski definition) is 1. The fourth-order valence-electron chi connectivity index (χ4n) is 2.60. The highest BCUT2D eigenvalue weighted by atomic mass is 35.5. The first-order valence-electron chi connectivity index (χ1n) is 7.94. The molecule has 3 aromatic rings. The van der Waals surface area contributed by atoms with E-state index in [0.29, 0.717) is 5.02 Å². The van der Waals surface area contributed by atoms with E-state index in [9.17, 15) is 18.5 Å². The summed E-state index contributed by atoms with van der Waals surface area (Å²) in [6, 6.07) is 20.1. The normalized spacial score (nSPS) is 12.5. The Kier molecular flexibility index (Phi) is 5.55. The average molecular weight is 403 g/mol. The van der Waals surface area contributed by atoms with Crippen LogP contribution in [-0.4, -0.2) is 13.3 Å². The third-order valence-corrected chi connectivity index (χ3v) is 5.66. The van der Waals surface area contributed by atoms with Gasteiger partial charge < -0.3 is 0 Å². The van der Waals surface area contributed by atoms with Crippen LogP contribution in [0.5, 0.6) is 0 Å². The lowest BCUT2D eigenvalue weighted by atomic mass is 10.00. The number of nitrogens with zero attached hydrogens (tertiary/aromatic N) is 1. The van der Waals surface area contributed by atoms with E-state index < -0.39 is 21.0 Å². The molecule has 138 valence electrons. The van der Waals surface area contributed by atoms with E-state index in [2.05, 4.69) is 4.72 Å². The van der Waals surface area contributed by atoms with E-state index >= 15 is 0 Å². The molecule has 6 nitrogen and oxygen atoms in total. The molecule has 3 rings (SSSR count). The van der Waals surface area contributed by atoms with Crippen molar-refractivity contribution >= 4 is 27.3 Å². The van der Waals surface area contributed by atoms with Crippen molar-refractivity contribution in [2.45, 2.75) is 10.9 Å². The van der Waals surface area contributed by atoms with E-state index in [-0.39, 0.29) is 10.6 Å². The quantitative estimate of drug-likeness (QED) is 0.491.